The lowest BCUT2D eigenvalue weighted by Gasteiger charge is -2.13. The van der Waals surface area contributed by atoms with E-state index in [4.69, 9.17) is 0 Å². The number of aromatic nitrogens is 7. The van der Waals surface area contributed by atoms with E-state index in [0.29, 0.717) is 35.9 Å². The molecule has 3 aromatic heterocycles. The van der Waals surface area contributed by atoms with Crippen LogP contribution in [0.15, 0.2) is 82.8 Å². The molecule has 3 heterocycles. The van der Waals surface area contributed by atoms with Crippen LogP contribution >= 0.6 is 0 Å². The number of hydrogen-bond donors (Lipinski definition) is 0. The van der Waals surface area contributed by atoms with E-state index >= 15 is 0 Å². The molecule has 0 aliphatic heterocycles. The van der Waals surface area contributed by atoms with Crippen LogP contribution < -0.4 is 11.2 Å². The number of nitrogens with zero attached hydrogens (tertiary/aromatic N) is 7. The molecule has 9 heteroatoms. The van der Waals surface area contributed by atoms with Crippen molar-refractivity contribution in [1.29, 1.82) is 0 Å². The Hall–Kier alpha value is -4.27. The fourth-order valence-corrected chi connectivity index (χ4v) is 4.03. The lowest BCUT2D eigenvalue weighted by atomic mass is 10.2. The second-order valence-corrected chi connectivity index (χ2v) is 8.67. The molecule has 0 amide bonds. The Labute approximate surface area is 195 Å². The molecule has 0 fully saturated rings. The van der Waals surface area contributed by atoms with Crippen LogP contribution in [-0.4, -0.2) is 33.7 Å². The Morgan fingerprint density at radius 2 is 1.59 bits per heavy atom. The van der Waals surface area contributed by atoms with Gasteiger partial charge in [0.1, 0.15) is 5.69 Å². The molecule has 5 aromatic rings. The van der Waals surface area contributed by atoms with Crippen LogP contribution in [0.1, 0.15) is 25.1 Å². The minimum atomic E-state index is -0.426. The fraction of sp³-hybridized carbons (Fsp3) is 0.240. The molecule has 0 N–H and O–H groups in total. The second kappa shape index (κ2) is 8.93. The van der Waals surface area contributed by atoms with Crippen molar-refractivity contribution in [2.24, 2.45) is 5.92 Å². The molecule has 0 spiro atoms. The highest BCUT2D eigenvalue weighted by Crippen LogP contribution is 2.12. The predicted octanol–water partition coefficient (Wildman–Crippen LogP) is 2.69. The number of imidazole rings is 1. The van der Waals surface area contributed by atoms with Gasteiger partial charge in [-0.2, -0.15) is 15.0 Å². The maximum absolute atomic E-state index is 13.5. The SMILES string of the molecule is CC(C)Cn1cnc2c1c(=O)n(Cc1cnn(-c3ccccc3)n1)c(=O)n2Cc1ccccc1. The van der Waals surface area contributed by atoms with Crippen LogP contribution in [0.5, 0.6) is 0 Å². The summed E-state index contributed by atoms with van der Waals surface area (Å²) < 4.78 is 4.62. The molecule has 9 nitrogen and oxygen atoms in total. The molecule has 0 atom stereocenters. The summed E-state index contributed by atoms with van der Waals surface area (Å²) in [5.74, 6) is 0.311. The quantitative estimate of drug-likeness (QED) is 0.376. The molecule has 0 saturated heterocycles. The molecule has 34 heavy (non-hydrogen) atoms. The first-order valence-electron chi connectivity index (χ1n) is 11.2. The zero-order chi connectivity index (χ0) is 23.7. The minimum Gasteiger partial charge on any atom is -0.324 e. The van der Waals surface area contributed by atoms with Crippen LogP contribution in [0.3, 0.4) is 0 Å². The van der Waals surface area contributed by atoms with Crippen LogP contribution in [-0.2, 0) is 19.6 Å². The lowest BCUT2D eigenvalue weighted by Crippen LogP contribution is -2.41. The fourth-order valence-electron chi connectivity index (χ4n) is 4.03. The standard InChI is InChI=1S/C25H25N7O2/c1-18(2)14-29-17-26-23-22(29)24(33)31(25(34)30(23)15-19-9-5-3-6-10-19)16-20-13-27-32(28-20)21-11-7-4-8-12-21/h3-13,17-18H,14-16H2,1-2H3. The van der Waals surface area contributed by atoms with Gasteiger partial charge in [-0.05, 0) is 23.6 Å². The maximum Gasteiger partial charge on any atom is 0.333 e. The first-order valence-corrected chi connectivity index (χ1v) is 11.2. The van der Waals surface area contributed by atoms with Gasteiger partial charge in [0.25, 0.3) is 5.56 Å². The van der Waals surface area contributed by atoms with E-state index in [1.54, 1.807) is 17.1 Å². The summed E-state index contributed by atoms with van der Waals surface area (Å²) in [4.78, 5) is 33.0. The van der Waals surface area contributed by atoms with E-state index in [1.807, 2.05) is 65.2 Å². The number of benzene rings is 2. The van der Waals surface area contributed by atoms with E-state index in [2.05, 4.69) is 29.0 Å². The molecule has 0 aliphatic carbocycles. The Kier molecular flexibility index (Phi) is 5.67. The summed E-state index contributed by atoms with van der Waals surface area (Å²) in [5, 5.41) is 8.79. The summed E-state index contributed by atoms with van der Waals surface area (Å²) in [5.41, 5.74) is 2.27. The van der Waals surface area contributed by atoms with E-state index in [0.717, 1.165) is 11.3 Å². The summed E-state index contributed by atoms with van der Waals surface area (Å²) in [6.45, 7) is 5.10. The van der Waals surface area contributed by atoms with Gasteiger partial charge in [-0.25, -0.2) is 9.78 Å². The minimum absolute atomic E-state index is 0.0160. The van der Waals surface area contributed by atoms with Gasteiger partial charge in [-0.3, -0.25) is 13.9 Å². The lowest BCUT2D eigenvalue weighted by molar-refractivity contribution is 0.529. The summed E-state index contributed by atoms with van der Waals surface area (Å²) >= 11 is 0. The van der Waals surface area contributed by atoms with Crippen molar-refractivity contribution < 1.29 is 0 Å². The van der Waals surface area contributed by atoms with E-state index < -0.39 is 5.69 Å². The van der Waals surface area contributed by atoms with Crippen molar-refractivity contribution in [1.82, 2.24) is 33.7 Å². The molecule has 172 valence electrons. The molecule has 5 rings (SSSR count). The third-order valence-electron chi connectivity index (χ3n) is 5.58. The van der Waals surface area contributed by atoms with Crippen molar-refractivity contribution in [2.45, 2.75) is 33.5 Å². The smallest absolute Gasteiger partial charge is 0.324 e. The zero-order valence-corrected chi connectivity index (χ0v) is 19.1. The van der Waals surface area contributed by atoms with Gasteiger partial charge < -0.3 is 4.57 Å². The van der Waals surface area contributed by atoms with Crippen LogP contribution in [0.2, 0.25) is 0 Å². The zero-order valence-electron chi connectivity index (χ0n) is 19.1. The van der Waals surface area contributed by atoms with E-state index in [9.17, 15) is 9.59 Å². The normalized spacial score (nSPS) is 11.5. The predicted molar refractivity (Wildman–Crippen MR) is 129 cm³/mol. The monoisotopic (exact) mass is 455 g/mol. The summed E-state index contributed by atoms with van der Waals surface area (Å²) in [7, 11) is 0. The van der Waals surface area contributed by atoms with E-state index in [1.165, 1.54) is 9.36 Å². The largest absolute Gasteiger partial charge is 0.333 e. The number of rotatable bonds is 7. The van der Waals surface area contributed by atoms with E-state index in [-0.39, 0.29) is 12.1 Å². The molecule has 2 aromatic carbocycles. The Morgan fingerprint density at radius 3 is 2.29 bits per heavy atom. The van der Waals surface area contributed by atoms with Crippen LogP contribution in [0.25, 0.3) is 16.9 Å². The van der Waals surface area contributed by atoms with Gasteiger partial charge in [-0.15, -0.1) is 0 Å². The van der Waals surface area contributed by atoms with Crippen molar-refractivity contribution in [3.8, 4) is 5.69 Å². The third kappa shape index (κ3) is 4.07. The highest BCUT2D eigenvalue weighted by atomic mass is 16.2. The van der Waals surface area contributed by atoms with Gasteiger partial charge >= 0.3 is 5.69 Å². The van der Waals surface area contributed by atoms with Crippen LogP contribution in [0.4, 0.5) is 0 Å². The summed E-state index contributed by atoms with van der Waals surface area (Å²) in [6.07, 6.45) is 3.22. The van der Waals surface area contributed by atoms with Crippen molar-refractivity contribution in [3.63, 3.8) is 0 Å². The first-order chi connectivity index (χ1) is 16.5. The highest BCUT2D eigenvalue weighted by molar-refractivity contribution is 5.70. The first kappa shape index (κ1) is 21.6. The number of fused-ring (bicyclic) bond motifs is 1. The Balaban J connectivity index is 1.63. The third-order valence-corrected chi connectivity index (χ3v) is 5.58. The molecule has 0 saturated carbocycles. The Morgan fingerprint density at radius 1 is 0.882 bits per heavy atom. The topological polar surface area (TPSA) is 92.5 Å². The van der Waals surface area contributed by atoms with Crippen molar-refractivity contribution in [2.75, 3.05) is 0 Å². The molecule has 0 aliphatic rings. The number of para-hydroxylation sites is 1. The highest BCUT2D eigenvalue weighted by Gasteiger charge is 2.20. The second-order valence-electron chi connectivity index (χ2n) is 8.67. The Bertz CT molecular complexity index is 1540. The molecular formula is C25H25N7O2. The molecule has 0 unspecified atom stereocenters. The van der Waals surface area contributed by atoms with Crippen molar-refractivity contribution in [3.05, 3.63) is 105 Å². The van der Waals surface area contributed by atoms with Crippen LogP contribution in [0, 0.1) is 5.92 Å². The molecule has 0 radical (unpaired) electrons. The van der Waals surface area contributed by atoms with Gasteiger partial charge in [0, 0.05) is 6.54 Å². The van der Waals surface area contributed by atoms with Gasteiger partial charge in [0.15, 0.2) is 11.2 Å². The van der Waals surface area contributed by atoms with Gasteiger partial charge in [0.2, 0.25) is 0 Å². The average Bonchev–Trinajstić information content (AvgIpc) is 3.48. The number of hydrogen-bond acceptors (Lipinski definition) is 5. The van der Waals surface area contributed by atoms with Gasteiger partial charge in [0.05, 0.1) is 31.3 Å². The van der Waals surface area contributed by atoms with Gasteiger partial charge in [-0.1, -0.05) is 62.4 Å². The molecule has 0 bridgehead atoms. The van der Waals surface area contributed by atoms with Crippen molar-refractivity contribution >= 4 is 11.2 Å². The maximum atomic E-state index is 13.5. The summed E-state index contributed by atoms with van der Waals surface area (Å²) in [6, 6.07) is 19.2. The average molecular weight is 456 g/mol. The molecular weight excluding hydrogens is 430 g/mol.